The van der Waals surface area contributed by atoms with Crippen LogP contribution < -0.4 is 16.8 Å². The fourth-order valence-electron chi connectivity index (χ4n) is 0.714. The fourth-order valence-corrected chi connectivity index (χ4v) is 0.714. The molecule has 5 N–H and O–H groups in total. The molecule has 0 saturated carbocycles. The summed E-state index contributed by atoms with van der Waals surface area (Å²) in [6.07, 6.45) is 1.30. The van der Waals surface area contributed by atoms with Crippen LogP contribution in [0.5, 0.6) is 0 Å². The topological polar surface area (TPSA) is 120 Å². The molecule has 7 nitrogen and oxygen atoms in total. The van der Waals surface area contributed by atoms with Crippen molar-refractivity contribution in [2.45, 2.75) is 12.6 Å². The Kier molecular flexibility index (Phi) is 1.96. The second-order valence-electron chi connectivity index (χ2n) is 2.47. The third kappa shape index (κ3) is 1.70. The average Bonchev–Trinajstić information content (AvgIpc) is 2.32. The second-order valence-corrected chi connectivity index (χ2v) is 2.47. The number of nitrogens with zero attached hydrogens (tertiary/aromatic N) is 2. The molecule has 2 amide bonds. The number of hydrogen-bond donors (Lipinski definition) is 3. The van der Waals surface area contributed by atoms with Crippen molar-refractivity contribution in [1.29, 1.82) is 0 Å². The van der Waals surface area contributed by atoms with Crippen molar-refractivity contribution in [2.75, 3.05) is 0 Å². The van der Waals surface area contributed by atoms with E-state index in [1.54, 1.807) is 0 Å². The zero-order valence-electron chi connectivity index (χ0n) is 6.44. The molecule has 0 spiro atoms. The van der Waals surface area contributed by atoms with Crippen molar-refractivity contribution in [3.8, 4) is 0 Å². The predicted octanol–water partition coefficient (Wildman–Crippen LogP) is -1.13. The summed E-state index contributed by atoms with van der Waals surface area (Å²) in [6.45, 7) is 1.51. The van der Waals surface area contributed by atoms with Crippen molar-refractivity contribution in [2.24, 2.45) is 11.5 Å². The van der Waals surface area contributed by atoms with Gasteiger partial charge >= 0.3 is 6.03 Å². The van der Waals surface area contributed by atoms with Gasteiger partial charge in [0.05, 0.1) is 6.20 Å². The van der Waals surface area contributed by atoms with E-state index < -0.39 is 11.7 Å². The van der Waals surface area contributed by atoms with Gasteiger partial charge in [-0.1, -0.05) is 0 Å². The number of rotatable bonds is 2. The molecule has 0 aliphatic heterocycles. The first-order chi connectivity index (χ1) is 5.52. The van der Waals surface area contributed by atoms with Crippen LogP contribution in [-0.4, -0.2) is 16.4 Å². The van der Waals surface area contributed by atoms with E-state index in [0.29, 0.717) is 0 Å². The third-order valence-electron chi connectivity index (χ3n) is 1.26. The minimum absolute atomic E-state index is 0.237. The highest BCUT2D eigenvalue weighted by Crippen LogP contribution is 2.10. The highest BCUT2D eigenvalue weighted by molar-refractivity contribution is 5.72. The summed E-state index contributed by atoms with van der Waals surface area (Å²) in [7, 11) is 0. The van der Waals surface area contributed by atoms with Gasteiger partial charge in [-0.3, -0.25) is 0 Å². The molecule has 1 rings (SSSR count). The van der Waals surface area contributed by atoms with Gasteiger partial charge in [-0.25, -0.2) is 4.79 Å². The van der Waals surface area contributed by atoms with Crippen LogP contribution in [0.2, 0.25) is 0 Å². The molecular weight excluding hydrogens is 162 g/mol. The molecule has 0 radical (unpaired) electrons. The molecule has 1 aromatic heterocycles. The Labute approximate surface area is 68.1 Å². The molecule has 1 unspecified atom stereocenters. The second kappa shape index (κ2) is 2.78. The van der Waals surface area contributed by atoms with Crippen LogP contribution in [0.25, 0.3) is 0 Å². The third-order valence-corrected chi connectivity index (χ3v) is 1.26. The maximum atomic E-state index is 10.5. The summed E-state index contributed by atoms with van der Waals surface area (Å²) in [4.78, 5) is 10.5. The van der Waals surface area contributed by atoms with Crippen LogP contribution in [0.3, 0.4) is 0 Å². The molecule has 0 aliphatic carbocycles. The highest BCUT2D eigenvalue weighted by Gasteiger charge is 2.26. The van der Waals surface area contributed by atoms with Crippen molar-refractivity contribution < 1.29 is 9.32 Å². The number of hydrogen-bond acceptors (Lipinski definition) is 5. The molecule has 0 aromatic carbocycles. The van der Waals surface area contributed by atoms with E-state index in [-0.39, 0.29) is 5.76 Å². The maximum Gasteiger partial charge on any atom is 0.313 e. The average molecular weight is 171 g/mol. The van der Waals surface area contributed by atoms with Gasteiger partial charge in [0.15, 0.2) is 11.4 Å². The molecule has 12 heavy (non-hydrogen) atoms. The van der Waals surface area contributed by atoms with E-state index in [9.17, 15) is 4.79 Å². The lowest BCUT2D eigenvalue weighted by Crippen LogP contribution is -2.52. The van der Waals surface area contributed by atoms with E-state index in [1.807, 2.05) is 0 Å². The molecule has 0 fully saturated rings. The summed E-state index contributed by atoms with van der Waals surface area (Å²) in [5.74, 6) is 0.237. The molecule has 1 aromatic rings. The first-order valence-corrected chi connectivity index (χ1v) is 3.17. The minimum Gasteiger partial charge on any atom is -0.352 e. The zero-order valence-corrected chi connectivity index (χ0v) is 6.44. The van der Waals surface area contributed by atoms with Gasteiger partial charge in [-0.2, -0.15) is 0 Å². The number of primary amides is 1. The van der Waals surface area contributed by atoms with Gasteiger partial charge < -0.3 is 21.3 Å². The Morgan fingerprint density at radius 3 is 2.92 bits per heavy atom. The van der Waals surface area contributed by atoms with E-state index in [4.69, 9.17) is 11.5 Å². The number of nitrogens with two attached hydrogens (primary N) is 2. The number of nitrogens with one attached hydrogen (secondary N) is 1. The Hall–Kier alpha value is -1.63. The number of amides is 2. The quantitative estimate of drug-likeness (QED) is 0.486. The van der Waals surface area contributed by atoms with Crippen LogP contribution in [0.15, 0.2) is 10.7 Å². The molecule has 7 heteroatoms. The van der Waals surface area contributed by atoms with Crippen molar-refractivity contribution in [1.82, 2.24) is 15.7 Å². The normalized spacial score (nSPS) is 15.2. The molecule has 1 atom stereocenters. The van der Waals surface area contributed by atoms with Crippen LogP contribution >= 0.6 is 0 Å². The SMILES string of the molecule is CC(N)(NC(N)=O)c1cnno1. The molecule has 0 bridgehead atoms. The van der Waals surface area contributed by atoms with Gasteiger partial charge in [0.2, 0.25) is 0 Å². The first-order valence-electron chi connectivity index (χ1n) is 3.17. The summed E-state index contributed by atoms with van der Waals surface area (Å²) in [5.41, 5.74) is 9.30. The summed E-state index contributed by atoms with van der Waals surface area (Å²) >= 11 is 0. The largest absolute Gasteiger partial charge is 0.352 e. The van der Waals surface area contributed by atoms with Crippen molar-refractivity contribution in [3.05, 3.63) is 12.0 Å². The molecule has 0 aliphatic rings. The first kappa shape index (κ1) is 8.47. The lowest BCUT2D eigenvalue weighted by molar-refractivity contribution is 0.222. The number of carbonyl (C=O) groups excluding carboxylic acids is 1. The van der Waals surface area contributed by atoms with Crippen LogP contribution in [-0.2, 0) is 5.66 Å². The molecule has 0 saturated heterocycles. The number of aromatic nitrogens is 2. The maximum absolute atomic E-state index is 10.5. The Balaban J connectivity index is 2.79. The zero-order chi connectivity index (χ0) is 9.19. The monoisotopic (exact) mass is 171 g/mol. The van der Waals surface area contributed by atoms with Crippen LogP contribution in [0.1, 0.15) is 12.7 Å². The molecule has 66 valence electrons. The van der Waals surface area contributed by atoms with Gasteiger partial charge in [0.1, 0.15) is 0 Å². The Bertz CT molecular complexity index is 267. The molecule has 1 heterocycles. The van der Waals surface area contributed by atoms with Crippen molar-refractivity contribution in [3.63, 3.8) is 0 Å². The van der Waals surface area contributed by atoms with Gasteiger partial charge in [-0.05, 0) is 6.92 Å². The number of urea groups is 1. The lowest BCUT2D eigenvalue weighted by Gasteiger charge is -2.20. The van der Waals surface area contributed by atoms with E-state index >= 15 is 0 Å². The van der Waals surface area contributed by atoms with E-state index in [1.165, 1.54) is 13.1 Å². The van der Waals surface area contributed by atoms with Gasteiger partial charge in [0.25, 0.3) is 0 Å². The standard InChI is InChI=1S/C5H9N5O2/c1-5(7,9-4(6)11)3-2-8-10-12-3/h2H,7H2,1H3,(H3,6,9,11). The molecular formula is C5H9N5O2. The summed E-state index contributed by atoms with van der Waals surface area (Å²) < 4.78 is 4.64. The lowest BCUT2D eigenvalue weighted by atomic mass is 10.2. The Morgan fingerprint density at radius 1 is 1.83 bits per heavy atom. The van der Waals surface area contributed by atoms with E-state index in [0.717, 1.165) is 0 Å². The highest BCUT2D eigenvalue weighted by atomic mass is 16.5. The van der Waals surface area contributed by atoms with Crippen LogP contribution in [0.4, 0.5) is 4.79 Å². The fraction of sp³-hybridized carbons (Fsp3) is 0.400. The van der Waals surface area contributed by atoms with Crippen molar-refractivity contribution >= 4 is 6.03 Å². The number of carbonyl (C=O) groups is 1. The van der Waals surface area contributed by atoms with Gasteiger partial charge in [0, 0.05) is 5.27 Å². The smallest absolute Gasteiger partial charge is 0.313 e. The Morgan fingerprint density at radius 2 is 2.50 bits per heavy atom. The summed E-state index contributed by atoms with van der Waals surface area (Å²) in [6, 6.07) is -0.739. The minimum atomic E-state index is -1.17. The summed E-state index contributed by atoms with van der Waals surface area (Å²) in [5, 5.41) is 8.87. The predicted molar refractivity (Wildman–Crippen MR) is 38.6 cm³/mol. The van der Waals surface area contributed by atoms with Crippen LogP contribution in [0, 0.1) is 0 Å². The van der Waals surface area contributed by atoms with Gasteiger partial charge in [-0.15, -0.1) is 5.10 Å². The van der Waals surface area contributed by atoms with E-state index in [2.05, 4.69) is 20.2 Å².